The molecule has 3 atom stereocenters. The van der Waals surface area contributed by atoms with Crippen molar-refractivity contribution in [1.82, 2.24) is 0 Å². The second-order valence-electron chi connectivity index (χ2n) is 3.09. The van der Waals surface area contributed by atoms with E-state index in [-0.39, 0.29) is 19.4 Å². The van der Waals surface area contributed by atoms with Crippen LogP contribution in [0.3, 0.4) is 0 Å². The largest absolute Gasteiger partial charge is 0.635 e. The molecule has 0 heterocycles. The minimum atomic E-state index is -4.48. The zero-order valence-corrected chi connectivity index (χ0v) is 11.0. The molecule has 3 unspecified atom stereocenters. The summed E-state index contributed by atoms with van der Waals surface area (Å²) in [6, 6.07) is 0. The van der Waals surface area contributed by atoms with Crippen LogP contribution in [0.1, 0.15) is 12.8 Å². The predicted molar refractivity (Wildman–Crippen MR) is 58.7 cm³/mol. The maximum atomic E-state index is 11.4. The van der Waals surface area contributed by atoms with Crippen LogP contribution in [-0.2, 0) is 28.2 Å². The SMILES string of the molecule is C=CC(CCOP(=O)(OOO)[P+](=O)O)CC(=O)O. The van der Waals surface area contributed by atoms with Crippen molar-refractivity contribution in [2.75, 3.05) is 6.61 Å². The molecule has 9 nitrogen and oxygen atoms in total. The van der Waals surface area contributed by atoms with E-state index in [1.54, 1.807) is 0 Å². The summed E-state index contributed by atoms with van der Waals surface area (Å²) in [6.07, 6.45) is 1.25. The van der Waals surface area contributed by atoms with Crippen molar-refractivity contribution in [2.24, 2.45) is 5.92 Å². The number of aliphatic carboxylic acids is 1. The first-order chi connectivity index (χ1) is 8.35. The van der Waals surface area contributed by atoms with Gasteiger partial charge in [0.15, 0.2) is 0 Å². The molecule has 0 aliphatic carbocycles. The molecule has 0 aromatic carbocycles. The molecule has 11 heteroatoms. The molecule has 0 bridgehead atoms. The van der Waals surface area contributed by atoms with E-state index in [1.807, 2.05) is 0 Å². The fourth-order valence-electron chi connectivity index (χ4n) is 0.989. The maximum Gasteiger partial charge on any atom is 0.635 e. The zero-order valence-electron chi connectivity index (χ0n) is 9.17. The Balaban J connectivity index is 4.29. The average Bonchev–Trinajstić information content (AvgIpc) is 2.27. The summed E-state index contributed by atoms with van der Waals surface area (Å²) in [4.78, 5) is 19.1. The first-order valence-electron chi connectivity index (χ1n) is 4.61. The van der Waals surface area contributed by atoms with E-state index in [1.165, 1.54) is 6.08 Å². The van der Waals surface area contributed by atoms with Crippen LogP contribution in [0.15, 0.2) is 12.7 Å². The molecule has 0 rings (SSSR count). The summed E-state index contributed by atoms with van der Waals surface area (Å²) in [5, 5.41) is 19.5. The Morgan fingerprint density at radius 3 is 2.56 bits per heavy atom. The van der Waals surface area contributed by atoms with Crippen LogP contribution in [-0.4, -0.2) is 27.8 Å². The lowest BCUT2D eigenvalue weighted by atomic mass is 10.0. The van der Waals surface area contributed by atoms with E-state index in [4.69, 9.17) is 15.3 Å². The van der Waals surface area contributed by atoms with E-state index in [2.05, 4.69) is 20.8 Å². The van der Waals surface area contributed by atoms with Crippen molar-refractivity contribution >= 4 is 21.0 Å². The van der Waals surface area contributed by atoms with Gasteiger partial charge in [0, 0.05) is 0 Å². The normalized spacial score (nSPS) is 16.7. The predicted octanol–water partition coefficient (Wildman–Crippen LogP) is 1.93. The number of carboxylic acid groups (broad SMARTS) is 1. The Labute approximate surface area is 103 Å². The van der Waals surface area contributed by atoms with Gasteiger partial charge in [-0.2, -0.15) is 4.89 Å². The van der Waals surface area contributed by atoms with Crippen LogP contribution < -0.4 is 0 Å². The van der Waals surface area contributed by atoms with Gasteiger partial charge >= 0.3 is 21.0 Å². The van der Waals surface area contributed by atoms with Crippen LogP contribution in [0.5, 0.6) is 0 Å². The molecule has 0 saturated heterocycles. The molecule has 0 aliphatic rings. The third kappa shape index (κ3) is 6.32. The van der Waals surface area contributed by atoms with Crippen LogP contribution in [0.2, 0.25) is 0 Å². The molecule has 0 fully saturated rings. The Bertz CT molecular complexity index is 355. The van der Waals surface area contributed by atoms with Gasteiger partial charge in [0.25, 0.3) is 0 Å². The van der Waals surface area contributed by atoms with Gasteiger partial charge in [-0.3, -0.25) is 9.32 Å². The average molecular weight is 303 g/mol. The minimum Gasteiger partial charge on any atom is -0.481 e. The van der Waals surface area contributed by atoms with Gasteiger partial charge < -0.3 is 5.11 Å². The van der Waals surface area contributed by atoms with Crippen LogP contribution in [0.4, 0.5) is 0 Å². The Kier molecular flexibility index (Phi) is 8.13. The van der Waals surface area contributed by atoms with Gasteiger partial charge in [-0.05, 0) is 16.9 Å². The van der Waals surface area contributed by atoms with E-state index in [0.29, 0.717) is 0 Å². The molecule has 0 saturated carbocycles. The topological polar surface area (TPSA) is 140 Å². The Morgan fingerprint density at radius 1 is 1.56 bits per heavy atom. The second kappa shape index (κ2) is 8.44. The second-order valence-corrected chi connectivity index (χ2v) is 7.43. The summed E-state index contributed by atoms with van der Waals surface area (Å²) in [6.45, 7) is 3.08. The van der Waals surface area contributed by atoms with Gasteiger partial charge in [0.1, 0.15) is 0 Å². The van der Waals surface area contributed by atoms with Crippen molar-refractivity contribution in [1.29, 1.82) is 0 Å². The zero-order chi connectivity index (χ0) is 14.2. The van der Waals surface area contributed by atoms with Crippen LogP contribution >= 0.6 is 15.0 Å². The minimum absolute atomic E-state index is 0.0950. The third-order valence-electron chi connectivity index (χ3n) is 1.85. The van der Waals surface area contributed by atoms with Crippen molar-refractivity contribution in [3.05, 3.63) is 12.7 Å². The lowest BCUT2D eigenvalue weighted by Crippen LogP contribution is -2.08. The molecule has 3 N–H and O–H groups in total. The summed E-state index contributed by atoms with van der Waals surface area (Å²) in [5.41, 5.74) is 0. The molecule has 0 aliphatic heterocycles. The van der Waals surface area contributed by atoms with E-state index in [9.17, 15) is 13.9 Å². The fourth-order valence-corrected chi connectivity index (χ4v) is 2.41. The summed E-state index contributed by atoms with van der Waals surface area (Å²) in [7, 11) is -7.85. The van der Waals surface area contributed by atoms with E-state index >= 15 is 0 Å². The number of carboxylic acids is 1. The highest BCUT2D eigenvalue weighted by Crippen LogP contribution is 2.68. The quantitative estimate of drug-likeness (QED) is 0.239. The van der Waals surface area contributed by atoms with Gasteiger partial charge in [0.2, 0.25) is 0 Å². The molecule has 0 aromatic rings. The third-order valence-corrected chi connectivity index (χ3v) is 4.84. The van der Waals surface area contributed by atoms with E-state index < -0.39 is 26.9 Å². The number of hydrogen-bond donors (Lipinski definition) is 3. The number of carbonyl (C=O) groups is 1. The Hall–Kier alpha value is -0.660. The smallest absolute Gasteiger partial charge is 0.481 e. The van der Waals surface area contributed by atoms with Gasteiger partial charge in [-0.1, -0.05) is 15.8 Å². The highest BCUT2D eigenvalue weighted by Gasteiger charge is 2.51. The van der Waals surface area contributed by atoms with Gasteiger partial charge in [0.05, 0.1) is 13.0 Å². The molecule has 0 aromatic heterocycles. The van der Waals surface area contributed by atoms with Crippen LogP contribution in [0, 0.1) is 5.92 Å². The lowest BCUT2D eigenvalue weighted by molar-refractivity contribution is -0.441. The molecule has 18 heavy (non-hydrogen) atoms. The highest BCUT2D eigenvalue weighted by molar-refractivity contribution is 8.20. The van der Waals surface area contributed by atoms with Crippen molar-refractivity contribution in [2.45, 2.75) is 12.8 Å². The van der Waals surface area contributed by atoms with Crippen molar-refractivity contribution in [3.8, 4) is 0 Å². The molecular formula is C7H13O9P2+. The maximum absolute atomic E-state index is 11.4. The first kappa shape index (κ1) is 17.3. The standard InChI is InChI=1S/C7H12O9P2/c1-2-6(5-7(8)9)3-4-14-18(13,16-15-10)17(11)12/h2,6H,1,3-5H2,(H2-,8,9,10,11,12)/p+1. The molecule has 0 radical (unpaired) electrons. The molecule has 0 amide bonds. The van der Waals surface area contributed by atoms with Gasteiger partial charge in [-0.15, -0.1) is 6.58 Å². The monoisotopic (exact) mass is 303 g/mol. The highest BCUT2D eigenvalue weighted by atomic mass is 32.1. The Morgan fingerprint density at radius 2 is 2.17 bits per heavy atom. The molecular weight excluding hydrogens is 290 g/mol. The lowest BCUT2D eigenvalue weighted by Gasteiger charge is -2.09. The summed E-state index contributed by atoms with van der Waals surface area (Å²) in [5.74, 6) is -1.51. The number of rotatable bonds is 10. The molecule has 104 valence electrons. The van der Waals surface area contributed by atoms with Crippen molar-refractivity contribution in [3.63, 3.8) is 0 Å². The summed E-state index contributed by atoms with van der Waals surface area (Å²) >= 11 is 0. The first-order valence-corrected chi connectivity index (χ1v) is 8.07. The summed E-state index contributed by atoms with van der Waals surface area (Å²) < 4.78 is 30.3. The molecule has 0 spiro atoms. The fraction of sp³-hybridized carbons (Fsp3) is 0.571. The van der Waals surface area contributed by atoms with E-state index in [0.717, 1.165) is 0 Å². The van der Waals surface area contributed by atoms with Crippen LogP contribution in [0.25, 0.3) is 0 Å². The number of hydrogen-bond acceptors (Lipinski definition) is 7. The van der Waals surface area contributed by atoms with Crippen molar-refractivity contribution < 1.29 is 43.4 Å². The number of allylic oxidation sites excluding steroid dienone is 1. The van der Waals surface area contributed by atoms with Gasteiger partial charge in [-0.25, -0.2) is 9.82 Å².